The number of nitrogens with one attached hydrogen (secondary N) is 1. The van der Waals surface area contributed by atoms with Crippen molar-refractivity contribution >= 4 is 33.5 Å². The van der Waals surface area contributed by atoms with E-state index in [2.05, 4.69) is 9.71 Å². The Morgan fingerprint density at radius 1 is 1.32 bits per heavy atom. The number of pyridine rings is 1. The van der Waals surface area contributed by atoms with Gasteiger partial charge in [0.1, 0.15) is 10.9 Å². The molecule has 2 aromatic rings. The third-order valence-electron chi connectivity index (χ3n) is 3.31. The molecule has 2 rings (SSSR count). The van der Waals surface area contributed by atoms with Gasteiger partial charge in [0.2, 0.25) is 0 Å². The molecular weight excluding hydrogens is 320 g/mol. The Kier molecular flexibility index (Phi) is 5.10. The monoisotopic (exact) mass is 340 g/mol. The molecular formula is C16H21ClN2O2S. The fraction of sp³-hybridized carbons (Fsp3) is 0.438. The van der Waals surface area contributed by atoms with Gasteiger partial charge in [0.15, 0.2) is 0 Å². The van der Waals surface area contributed by atoms with Gasteiger partial charge in [-0.15, -0.1) is 0 Å². The molecule has 0 saturated carbocycles. The third kappa shape index (κ3) is 3.77. The first-order chi connectivity index (χ1) is 10.2. The maximum absolute atomic E-state index is 12.2. The second-order valence-electron chi connectivity index (χ2n) is 6.15. The molecule has 0 bridgehead atoms. The van der Waals surface area contributed by atoms with Crippen molar-refractivity contribution in [3.8, 4) is 5.75 Å². The molecule has 1 unspecified atom stereocenters. The van der Waals surface area contributed by atoms with Crippen molar-refractivity contribution in [2.75, 3.05) is 7.11 Å². The largest absolute Gasteiger partial charge is 0.497 e. The Bertz CT molecular complexity index is 713. The van der Waals surface area contributed by atoms with Crippen LogP contribution in [0.5, 0.6) is 5.75 Å². The highest BCUT2D eigenvalue weighted by Crippen LogP contribution is 2.28. The lowest BCUT2D eigenvalue weighted by molar-refractivity contribution is 0.415. The van der Waals surface area contributed by atoms with Crippen LogP contribution in [0.25, 0.3) is 10.9 Å². The van der Waals surface area contributed by atoms with Crippen molar-refractivity contribution in [3.05, 3.63) is 35.0 Å². The van der Waals surface area contributed by atoms with Crippen LogP contribution in [0.2, 0.25) is 5.15 Å². The van der Waals surface area contributed by atoms with Crippen molar-refractivity contribution in [1.29, 1.82) is 0 Å². The summed E-state index contributed by atoms with van der Waals surface area (Å²) in [5, 5.41) is 1.36. The Balaban J connectivity index is 2.37. The van der Waals surface area contributed by atoms with Gasteiger partial charge in [0.05, 0.1) is 28.4 Å². The number of benzene rings is 1. The Morgan fingerprint density at radius 3 is 2.59 bits per heavy atom. The van der Waals surface area contributed by atoms with Crippen LogP contribution < -0.4 is 9.46 Å². The molecule has 0 aliphatic carbocycles. The third-order valence-corrected chi connectivity index (χ3v) is 5.29. The number of hydrogen-bond donors (Lipinski definition) is 1. The SMILES string of the molecule is COc1ccc2nc(Cl)c([C@H](C)NS(=O)C(C)(C)C)cc2c1. The van der Waals surface area contributed by atoms with Crippen LogP contribution >= 0.6 is 11.6 Å². The molecule has 0 fully saturated rings. The van der Waals surface area contributed by atoms with E-state index >= 15 is 0 Å². The van der Waals surface area contributed by atoms with Gasteiger partial charge in [0.25, 0.3) is 0 Å². The van der Waals surface area contributed by atoms with Crippen LogP contribution in [0.3, 0.4) is 0 Å². The molecule has 4 nitrogen and oxygen atoms in total. The highest BCUT2D eigenvalue weighted by Gasteiger charge is 2.23. The molecule has 6 heteroatoms. The van der Waals surface area contributed by atoms with Crippen molar-refractivity contribution in [2.45, 2.75) is 38.5 Å². The molecule has 1 N–H and O–H groups in total. The predicted octanol–water partition coefficient (Wildman–Crippen LogP) is 4.01. The molecule has 120 valence electrons. The summed E-state index contributed by atoms with van der Waals surface area (Å²) in [4.78, 5) is 4.41. The summed E-state index contributed by atoms with van der Waals surface area (Å²) in [5.74, 6) is 0.765. The Morgan fingerprint density at radius 2 is 2.00 bits per heavy atom. The molecule has 1 aromatic carbocycles. The molecule has 2 atom stereocenters. The Labute approximate surface area is 138 Å². The zero-order valence-corrected chi connectivity index (χ0v) is 15.0. The zero-order valence-electron chi connectivity index (χ0n) is 13.4. The Hall–Kier alpha value is -1.17. The molecule has 0 amide bonds. The number of ether oxygens (including phenoxy) is 1. The van der Waals surface area contributed by atoms with Crippen LogP contribution in [0.4, 0.5) is 0 Å². The number of aromatic nitrogens is 1. The fourth-order valence-electron chi connectivity index (χ4n) is 1.98. The van der Waals surface area contributed by atoms with E-state index in [-0.39, 0.29) is 10.8 Å². The van der Waals surface area contributed by atoms with Gasteiger partial charge in [-0.2, -0.15) is 0 Å². The van der Waals surface area contributed by atoms with E-state index in [0.29, 0.717) is 5.15 Å². The average molecular weight is 341 g/mol. The molecule has 1 heterocycles. The lowest BCUT2D eigenvalue weighted by Crippen LogP contribution is -2.34. The second-order valence-corrected chi connectivity index (χ2v) is 8.50. The van der Waals surface area contributed by atoms with E-state index < -0.39 is 11.0 Å². The molecule has 22 heavy (non-hydrogen) atoms. The number of rotatable bonds is 4. The molecule has 0 radical (unpaired) electrons. The molecule has 0 spiro atoms. The summed E-state index contributed by atoms with van der Waals surface area (Å²) < 4.78 is 20.2. The number of methoxy groups -OCH3 is 1. The minimum Gasteiger partial charge on any atom is -0.497 e. The van der Waals surface area contributed by atoms with Crippen molar-refractivity contribution in [1.82, 2.24) is 9.71 Å². The smallest absolute Gasteiger partial charge is 0.134 e. The van der Waals surface area contributed by atoms with E-state index in [0.717, 1.165) is 22.2 Å². The van der Waals surface area contributed by atoms with Gasteiger partial charge < -0.3 is 4.74 Å². The number of nitrogens with zero attached hydrogens (tertiary/aromatic N) is 1. The van der Waals surface area contributed by atoms with Crippen molar-refractivity contribution in [2.24, 2.45) is 0 Å². The summed E-state index contributed by atoms with van der Waals surface area (Å²) in [7, 11) is 0.450. The molecule has 0 aliphatic heterocycles. The van der Waals surface area contributed by atoms with Gasteiger partial charge in [-0.25, -0.2) is 13.9 Å². The number of hydrogen-bond acceptors (Lipinski definition) is 3. The normalized spacial score (nSPS) is 14.8. The topological polar surface area (TPSA) is 51.2 Å². The maximum Gasteiger partial charge on any atom is 0.134 e. The average Bonchev–Trinajstić information content (AvgIpc) is 2.44. The maximum atomic E-state index is 12.2. The van der Waals surface area contributed by atoms with Gasteiger partial charge in [-0.1, -0.05) is 11.6 Å². The second kappa shape index (κ2) is 6.52. The lowest BCUT2D eigenvalue weighted by Gasteiger charge is -2.22. The number of halogens is 1. The van der Waals surface area contributed by atoms with Crippen molar-refractivity contribution in [3.63, 3.8) is 0 Å². The van der Waals surface area contributed by atoms with E-state index in [1.807, 2.05) is 52.0 Å². The van der Waals surface area contributed by atoms with E-state index in [1.165, 1.54) is 0 Å². The van der Waals surface area contributed by atoms with Crippen LogP contribution in [0, 0.1) is 0 Å². The van der Waals surface area contributed by atoms with Crippen LogP contribution in [-0.4, -0.2) is 21.0 Å². The number of fused-ring (bicyclic) bond motifs is 1. The van der Waals surface area contributed by atoms with Gasteiger partial charge in [0, 0.05) is 17.0 Å². The fourth-order valence-corrected chi connectivity index (χ4v) is 3.09. The molecule has 0 saturated heterocycles. The first kappa shape index (κ1) is 17.2. The van der Waals surface area contributed by atoms with E-state index in [1.54, 1.807) is 7.11 Å². The predicted molar refractivity (Wildman–Crippen MR) is 92.8 cm³/mol. The van der Waals surface area contributed by atoms with Gasteiger partial charge in [-0.05, 0) is 52.0 Å². The standard InChI is InChI=1S/C16H21ClN2O2S/c1-10(19-22(20)16(2,3)4)13-9-11-8-12(21-5)6-7-14(11)18-15(13)17/h6-10,19H,1-5H3/t10-,22?/m0/s1. The van der Waals surface area contributed by atoms with Gasteiger partial charge in [-0.3, -0.25) is 0 Å². The van der Waals surface area contributed by atoms with Crippen LogP contribution in [0.1, 0.15) is 39.3 Å². The minimum absolute atomic E-state index is 0.171. The first-order valence-corrected chi connectivity index (χ1v) is 8.57. The highest BCUT2D eigenvalue weighted by atomic mass is 35.5. The summed E-state index contributed by atoms with van der Waals surface area (Å²) >= 11 is 6.29. The quantitative estimate of drug-likeness (QED) is 0.855. The summed E-state index contributed by atoms with van der Waals surface area (Å²) in [6.45, 7) is 7.70. The molecule has 0 aliphatic rings. The summed E-state index contributed by atoms with van der Waals surface area (Å²) in [6.07, 6.45) is 0. The van der Waals surface area contributed by atoms with E-state index in [4.69, 9.17) is 16.3 Å². The lowest BCUT2D eigenvalue weighted by atomic mass is 10.1. The zero-order chi connectivity index (χ0) is 16.5. The minimum atomic E-state index is -1.18. The van der Waals surface area contributed by atoms with Crippen LogP contribution in [-0.2, 0) is 11.0 Å². The summed E-state index contributed by atoms with van der Waals surface area (Å²) in [5.41, 5.74) is 1.62. The van der Waals surface area contributed by atoms with Crippen molar-refractivity contribution < 1.29 is 8.95 Å². The first-order valence-electron chi connectivity index (χ1n) is 7.04. The van der Waals surface area contributed by atoms with Crippen LogP contribution in [0.15, 0.2) is 24.3 Å². The molecule has 1 aromatic heterocycles. The summed E-state index contributed by atoms with van der Waals surface area (Å²) in [6, 6.07) is 7.42. The van der Waals surface area contributed by atoms with Gasteiger partial charge >= 0.3 is 0 Å². The highest BCUT2D eigenvalue weighted by molar-refractivity contribution is 7.84. The van der Waals surface area contributed by atoms with E-state index in [9.17, 15) is 4.21 Å².